The summed E-state index contributed by atoms with van der Waals surface area (Å²) >= 11 is 0. The lowest BCUT2D eigenvalue weighted by Gasteiger charge is -2.44. The van der Waals surface area contributed by atoms with Crippen LogP contribution in [0, 0.1) is 34.4 Å². The van der Waals surface area contributed by atoms with E-state index in [1.807, 2.05) is 20.8 Å². The molecular formula is C23H29FN6O2. The van der Waals surface area contributed by atoms with Crippen molar-refractivity contribution in [3.05, 3.63) is 35.6 Å². The standard InChI is InChI=1S/C23H29FN6O2/c1-13-7-16(20(23(2,3)4)29-22(31)32)12-30(11-13)19-9-18(27-21(26)28-19)14-5-6-15(10-25)17(24)8-14/h5-6,8-9,13,16,20,29H,7,11-12H2,1-4H3,(H,31,32)(H2,26,27,28)/t13-,16-,20?/m1/s1. The molecule has 0 spiro atoms. The number of piperidine rings is 1. The second-order valence-electron chi connectivity index (χ2n) is 9.58. The first-order valence-corrected chi connectivity index (χ1v) is 10.6. The van der Waals surface area contributed by atoms with Crippen LogP contribution in [0.1, 0.15) is 39.7 Å². The van der Waals surface area contributed by atoms with E-state index >= 15 is 0 Å². The fraction of sp³-hybridized carbons (Fsp3) is 0.478. The maximum Gasteiger partial charge on any atom is 0.404 e. The largest absolute Gasteiger partial charge is 0.465 e. The Labute approximate surface area is 187 Å². The molecule has 1 amide bonds. The van der Waals surface area contributed by atoms with E-state index in [4.69, 9.17) is 11.0 Å². The van der Waals surface area contributed by atoms with Crippen LogP contribution < -0.4 is 16.0 Å². The SMILES string of the molecule is C[C@@H]1C[C@@H](C(NC(=O)O)C(C)(C)C)CN(c2cc(-c3ccc(C#N)c(F)c3)nc(N)n2)C1. The number of aromatic nitrogens is 2. The van der Waals surface area contributed by atoms with Crippen molar-refractivity contribution in [2.24, 2.45) is 17.3 Å². The van der Waals surface area contributed by atoms with E-state index in [0.29, 0.717) is 29.5 Å². The Kier molecular flexibility index (Phi) is 6.53. The van der Waals surface area contributed by atoms with E-state index in [0.717, 1.165) is 13.0 Å². The van der Waals surface area contributed by atoms with Gasteiger partial charge in [-0.15, -0.1) is 0 Å². The van der Waals surface area contributed by atoms with Gasteiger partial charge in [0.15, 0.2) is 0 Å². The molecule has 1 saturated heterocycles. The van der Waals surface area contributed by atoms with E-state index < -0.39 is 11.9 Å². The van der Waals surface area contributed by atoms with Crippen LogP contribution in [0.5, 0.6) is 0 Å². The van der Waals surface area contributed by atoms with Gasteiger partial charge in [-0.2, -0.15) is 10.2 Å². The Morgan fingerprint density at radius 3 is 2.66 bits per heavy atom. The van der Waals surface area contributed by atoms with Gasteiger partial charge in [-0.1, -0.05) is 33.8 Å². The quantitative estimate of drug-likeness (QED) is 0.658. The van der Waals surface area contributed by atoms with Gasteiger partial charge < -0.3 is 21.1 Å². The number of nitrogens with two attached hydrogens (primary N) is 1. The van der Waals surface area contributed by atoms with Crippen LogP contribution in [-0.4, -0.2) is 40.3 Å². The molecule has 3 rings (SSSR count). The fourth-order valence-electron chi connectivity index (χ4n) is 4.53. The summed E-state index contributed by atoms with van der Waals surface area (Å²) in [5.41, 5.74) is 6.63. The van der Waals surface area contributed by atoms with Gasteiger partial charge in [0, 0.05) is 30.8 Å². The molecule has 1 unspecified atom stereocenters. The van der Waals surface area contributed by atoms with Gasteiger partial charge in [0.2, 0.25) is 5.95 Å². The Bertz CT molecular complexity index is 1050. The molecule has 1 aromatic heterocycles. The van der Waals surface area contributed by atoms with Crippen LogP contribution in [0.25, 0.3) is 11.3 Å². The fourth-order valence-corrected chi connectivity index (χ4v) is 4.53. The predicted molar refractivity (Wildman–Crippen MR) is 120 cm³/mol. The summed E-state index contributed by atoms with van der Waals surface area (Å²) in [5, 5.41) is 21.0. The summed E-state index contributed by atoms with van der Waals surface area (Å²) in [6.07, 6.45) is -0.154. The molecular weight excluding hydrogens is 411 g/mol. The van der Waals surface area contributed by atoms with Crippen molar-refractivity contribution >= 4 is 17.9 Å². The van der Waals surface area contributed by atoms with Crippen molar-refractivity contribution in [3.8, 4) is 17.3 Å². The third-order valence-corrected chi connectivity index (χ3v) is 5.81. The van der Waals surface area contributed by atoms with Gasteiger partial charge in [0.25, 0.3) is 0 Å². The molecule has 0 radical (unpaired) electrons. The number of rotatable bonds is 4. The number of nitrogens with zero attached hydrogens (tertiary/aromatic N) is 4. The Balaban J connectivity index is 1.94. The van der Waals surface area contributed by atoms with Crippen LogP contribution >= 0.6 is 0 Å². The molecule has 170 valence electrons. The second kappa shape index (κ2) is 8.99. The van der Waals surface area contributed by atoms with Crippen molar-refractivity contribution in [2.75, 3.05) is 23.7 Å². The van der Waals surface area contributed by atoms with Crippen molar-refractivity contribution in [3.63, 3.8) is 0 Å². The topological polar surface area (TPSA) is 128 Å². The third-order valence-electron chi connectivity index (χ3n) is 5.81. The summed E-state index contributed by atoms with van der Waals surface area (Å²) in [7, 11) is 0. The molecule has 9 heteroatoms. The number of nitriles is 1. The van der Waals surface area contributed by atoms with Gasteiger partial charge in [0.05, 0.1) is 11.3 Å². The Morgan fingerprint density at radius 1 is 1.34 bits per heavy atom. The third kappa shape index (κ3) is 5.25. The number of amides is 1. The average molecular weight is 441 g/mol. The number of anilines is 2. The van der Waals surface area contributed by atoms with Crippen LogP contribution in [0.4, 0.5) is 21.0 Å². The first-order valence-electron chi connectivity index (χ1n) is 10.6. The van der Waals surface area contributed by atoms with Crippen LogP contribution in [-0.2, 0) is 0 Å². The molecule has 2 heterocycles. The zero-order valence-electron chi connectivity index (χ0n) is 18.8. The molecule has 0 aliphatic carbocycles. The van der Waals surface area contributed by atoms with Crippen molar-refractivity contribution in [1.29, 1.82) is 5.26 Å². The molecule has 1 aliphatic rings. The summed E-state index contributed by atoms with van der Waals surface area (Å²) in [5.74, 6) is 0.427. The molecule has 0 bridgehead atoms. The first-order chi connectivity index (χ1) is 15.0. The number of benzene rings is 1. The molecule has 0 saturated carbocycles. The minimum atomic E-state index is -1.04. The highest BCUT2D eigenvalue weighted by atomic mass is 19.1. The van der Waals surface area contributed by atoms with Crippen LogP contribution in [0.15, 0.2) is 24.3 Å². The smallest absolute Gasteiger partial charge is 0.404 e. The van der Waals surface area contributed by atoms with Gasteiger partial charge in [-0.05, 0) is 35.8 Å². The molecule has 8 nitrogen and oxygen atoms in total. The lowest BCUT2D eigenvalue weighted by atomic mass is 9.74. The van der Waals surface area contributed by atoms with E-state index in [1.165, 1.54) is 12.1 Å². The first kappa shape index (κ1) is 23.3. The predicted octanol–water partition coefficient (Wildman–Crippen LogP) is 3.88. The minimum absolute atomic E-state index is 0.0390. The molecule has 4 N–H and O–H groups in total. The summed E-state index contributed by atoms with van der Waals surface area (Å²) < 4.78 is 14.1. The lowest BCUT2D eigenvalue weighted by molar-refractivity contribution is 0.137. The van der Waals surface area contributed by atoms with E-state index in [9.17, 15) is 14.3 Å². The number of hydrogen-bond donors (Lipinski definition) is 3. The van der Waals surface area contributed by atoms with Crippen LogP contribution in [0.3, 0.4) is 0 Å². The van der Waals surface area contributed by atoms with E-state index in [2.05, 4.69) is 27.1 Å². The monoisotopic (exact) mass is 440 g/mol. The van der Waals surface area contributed by atoms with Gasteiger partial charge >= 0.3 is 6.09 Å². The molecule has 1 aromatic carbocycles. The maximum absolute atomic E-state index is 14.1. The molecule has 1 aliphatic heterocycles. The number of carboxylic acid groups (broad SMARTS) is 1. The van der Waals surface area contributed by atoms with Crippen molar-refractivity contribution in [2.45, 2.75) is 40.2 Å². The molecule has 3 atom stereocenters. The summed E-state index contributed by atoms with van der Waals surface area (Å²) in [6.45, 7) is 9.54. The molecule has 2 aromatic rings. The number of hydrogen-bond acceptors (Lipinski definition) is 6. The highest BCUT2D eigenvalue weighted by Crippen LogP contribution is 2.35. The van der Waals surface area contributed by atoms with Crippen molar-refractivity contribution in [1.82, 2.24) is 15.3 Å². The highest BCUT2D eigenvalue weighted by molar-refractivity contribution is 5.66. The zero-order chi connectivity index (χ0) is 23.6. The normalized spacial score (nSPS) is 19.8. The van der Waals surface area contributed by atoms with Gasteiger partial charge in [-0.3, -0.25) is 0 Å². The number of carbonyl (C=O) groups is 1. The lowest BCUT2D eigenvalue weighted by Crippen LogP contribution is -2.54. The summed E-state index contributed by atoms with van der Waals surface area (Å²) in [4.78, 5) is 22.2. The zero-order valence-corrected chi connectivity index (χ0v) is 18.8. The van der Waals surface area contributed by atoms with Crippen LogP contribution in [0.2, 0.25) is 0 Å². The molecule has 1 fully saturated rings. The van der Waals surface area contributed by atoms with Gasteiger partial charge in [0.1, 0.15) is 17.7 Å². The van der Waals surface area contributed by atoms with Gasteiger partial charge in [-0.25, -0.2) is 14.2 Å². The Hall–Kier alpha value is -3.41. The molecule has 32 heavy (non-hydrogen) atoms. The average Bonchev–Trinajstić information content (AvgIpc) is 2.70. The highest BCUT2D eigenvalue weighted by Gasteiger charge is 2.38. The van der Waals surface area contributed by atoms with E-state index in [-0.39, 0.29) is 28.9 Å². The number of nitrogens with one attached hydrogen (secondary N) is 1. The number of nitrogen functional groups attached to an aromatic ring is 1. The minimum Gasteiger partial charge on any atom is -0.465 e. The summed E-state index contributed by atoms with van der Waals surface area (Å²) in [6, 6.07) is 7.62. The Morgan fingerprint density at radius 2 is 2.06 bits per heavy atom. The maximum atomic E-state index is 14.1. The van der Waals surface area contributed by atoms with E-state index in [1.54, 1.807) is 18.2 Å². The number of halogens is 1. The second-order valence-corrected chi connectivity index (χ2v) is 9.58. The van der Waals surface area contributed by atoms with Crippen molar-refractivity contribution < 1.29 is 14.3 Å².